The minimum Gasteiger partial charge on any atom is -0.309 e. The van der Waals surface area contributed by atoms with E-state index in [2.05, 4.69) is 116 Å². The molecule has 1 nitrogen and oxygen atoms in total. The van der Waals surface area contributed by atoms with Gasteiger partial charge in [-0.3, -0.25) is 0 Å². The average Bonchev–Trinajstić information content (AvgIpc) is 2.93. The van der Waals surface area contributed by atoms with Gasteiger partial charge in [-0.05, 0) is 66.0 Å². The second-order valence-electron chi connectivity index (χ2n) is 10.2. The van der Waals surface area contributed by atoms with E-state index in [1.165, 1.54) is 54.4 Å². The molecule has 0 unspecified atom stereocenters. The van der Waals surface area contributed by atoms with Crippen molar-refractivity contribution in [2.45, 2.75) is 65.0 Å². The maximum absolute atomic E-state index is 3.42. The third-order valence-electron chi connectivity index (χ3n) is 7.51. The Morgan fingerprint density at radius 1 is 0.556 bits per heavy atom. The van der Waals surface area contributed by atoms with Crippen LogP contribution in [0.4, 0.5) is 0 Å². The fourth-order valence-corrected chi connectivity index (χ4v) is 5.56. The summed E-state index contributed by atoms with van der Waals surface area (Å²) in [6, 6.07) is 38.9. The lowest BCUT2D eigenvalue weighted by Crippen LogP contribution is -2.19. The Morgan fingerprint density at radius 3 is 1.42 bits per heavy atom. The van der Waals surface area contributed by atoms with E-state index in [1.807, 2.05) is 12.1 Å². The van der Waals surface area contributed by atoms with Crippen molar-refractivity contribution >= 4 is 0 Å². The van der Waals surface area contributed by atoms with E-state index < -0.39 is 0 Å². The standard InChI is InChI=1S/C21H26.C14H15N/c1-16-10-6-8-14-19(16)21(18-12-4-3-5-13-18)20-15-9-7-11-17(20)2;1-3-7-13(8-4-1)11-15-12-14-9-5-2-6-10-14/h6-11,14-15,18,21H,3-5,12-13H2,1-2H3;1-10,15H,11-12H2. The summed E-state index contributed by atoms with van der Waals surface area (Å²) in [6.45, 7) is 6.39. The quantitative estimate of drug-likeness (QED) is 0.281. The van der Waals surface area contributed by atoms with Crippen molar-refractivity contribution in [1.82, 2.24) is 5.32 Å². The van der Waals surface area contributed by atoms with Crippen molar-refractivity contribution < 1.29 is 0 Å². The maximum atomic E-state index is 3.42. The highest BCUT2D eigenvalue weighted by atomic mass is 14.8. The van der Waals surface area contributed by atoms with Crippen LogP contribution in [0.5, 0.6) is 0 Å². The third kappa shape index (κ3) is 7.42. The first kappa shape index (κ1) is 25.9. The number of aryl methyl sites for hydroxylation is 2. The van der Waals surface area contributed by atoms with Gasteiger partial charge in [0.1, 0.15) is 0 Å². The maximum Gasteiger partial charge on any atom is 0.0208 e. The number of nitrogens with one attached hydrogen (secondary N) is 1. The van der Waals surface area contributed by atoms with Gasteiger partial charge < -0.3 is 5.32 Å². The van der Waals surface area contributed by atoms with E-state index in [1.54, 1.807) is 11.1 Å². The molecule has 36 heavy (non-hydrogen) atoms. The number of hydrogen-bond acceptors (Lipinski definition) is 1. The van der Waals surface area contributed by atoms with Crippen LogP contribution in [-0.2, 0) is 13.1 Å². The molecule has 0 radical (unpaired) electrons. The van der Waals surface area contributed by atoms with Gasteiger partial charge in [0.25, 0.3) is 0 Å². The largest absolute Gasteiger partial charge is 0.309 e. The van der Waals surface area contributed by atoms with Crippen LogP contribution in [0, 0.1) is 19.8 Å². The first-order valence-corrected chi connectivity index (χ1v) is 13.6. The van der Waals surface area contributed by atoms with Gasteiger partial charge in [-0.25, -0.2) is 0 Å². The average molecular weight is 476 g/mol. The highest BCUT2D eigenvalue weighted by Crippen LogP contribution is 2.42. The minimum absolute atomic E-state index is 0.577. The SMILES string of the molecule is Cc1ccccc1C(c1ccccc1C)C1CCCCC1.c1ccc(CNCc2ccccc2)cc1. The Bertz CT molecular complexity index is 1070. The van der Waals surface area contributed by atoms with Crippen molar-refractivity contribution in [3.05, 3.63) is 143 Å². The molecule has 0 aliphatic heterocycles. The van der Waals surface area contributed by atoms with E-state index in [0.717, 1.165) is 19.0 Å². The molecule has 0 aromatic heterocycles. The van der Waals surface area contributed by atoms with E-state index in [0.29, 0.717) is 5.92 Å². The monoisotopic (exact) mass is 475 g/mol. The molecule has 1 heteroatoms. The predicted molar refractivity (Wildman–Crippen MR) is 154 cm³/mol. The molecule has 0 atom stereocenters. The molecule has 0 spiro atoms. The van der Waals surface area contributed by atoms with Crippen molar-refractivity contribution in [1.29, 1.82) is 0 Å². The molecule has 0 bridgehead atoms. The smallest absolute Gasteiger partial charge is 0.0208 e. The summed E-state index contributed by atoms with van der Waals surface area (Å²) in [5, 5.41) is 3.42. The van der Waals surface area contributed by atoms with Gasteiger partial charge in [-0.2, -0.15) is 0 Å². The lowest BCUT2D eigenvalue weighted by Gasteiger charge is -2.33. The Kier molecular flexibility index (Phi) is 9.94. The first-order chi connectivity index (χ1) is 17.7. The van der Waals surface area contributed by atoms with Crippen LogP contribution in [0.1, 0.15) is 71.4 Å². The Hall–Kier alpha value is -3.16. The van der Waals surface area contributed by atoms with E-state index in [-0.39, 0.29) is 0 Å². The molecular weight excluding hydrogens is 434 g/mol. The summed E-state index contributed by atoms with van der Waals surface area (Å²) >= 11 is 0. The van der Waals surface area contributed by atoms with E-state index in [4.69, 9.17) is 0 Å². The molecule has 4 aromatic rings. The molecule has 1 N–H and O–H groups in total. The molecule has 1 saturated carbocycles. The van der Waals surface area contributed by atoms with E-state index >= 15 is 0 Å². The zero-order valence-electron chi connectivity index (χ0n) is 22.0. The van der Waals surface area contributed by atoms with Crippen LogP contribution in [0.2, 0.25) is 0 Å². The van der Waals surface area contributed by atoms with Gasteiger partial charge >= 0.3 is 0 Å². The summed E-state index contributed by atoms with van der Waals surface area (Å²) < 4.78 is 0. The Labute approximate surface area is 218 Å². The molecular formula is C35H41N. The first-order valence-electron chi connectivity index (χ1n) is 13.6. The van der Waals surface area contributed by atoms with Gasteiger partial charge in [-0.15, -0.1) is 0 Å². The summed E-state index contributed by atoms with van der Waals surface area (Å²) in [4.78, 5) is 0. The topological polar surface area (TPSA) is 12.0 Å². The summed E-state index contributed by atoms with van der Waals surface area (Å²) in [6.07, 6.45) is 6.99. The zero-order chi connectivity index (χ0) is 25.0. The molecule has 1 aliphatic carbocycles. The summed E-state index contributed by atoms with van der Waals surface area (Å²) in [7, 11) is 0. The van der Waals surface area contributed by atoms with Gasteiger partial charge in [0, 0.05) is 19.0 Å². The third-order valence-corrected chi connectivity index (χ3v) is 7.51. The molecule has 1 aliphatic rings. The second kappa shape index (κ2) is 13.8. The number of benzene rings is 4. The number of rotatable bonds is 7. The Balaban J connectivity index is 0.000000179. The van der Waals surface area contributed by atoms with Gasteiger partial charge in [-0.1, -0.05) is 128 Å². The Morgan fingerprint density at radius 2 is 0.972 bits per heavy atom. The van der Waals surface area contributed by atoms with Crippen molar-refractivity contribution in [3.63, 3.8) is 0 Å². The highest BCUT2D eigenvalue weighted by Gasteiger charge is 2.28. The lowest BCUT2D eigenvalue weighted by atomic mass is 9.72. The normalized spacial score (nSPS) is 13.8. The number of hydrogen-bond donors (Lipinski definition) is 1. The molecule has 0 amide bonds. The van der Waals surface area contributed by atoms with E-state index in [9.17, 15) is 0 Å². The van der Waals surface area contributed by atoms with Crippen LogP contribution in [0.15, 0.2) is 109 Å². The molecule has 4 aromatic carbocycles. The zero-order valence-corrected chi connectivity index (χ0v) is 22.0. The lowest BCUT2D eigenvalue weighted by molar-refractivity contribution is 0.326. The van der Waals surface area contributed by atoms with Crippen molar-refractivity contribution in [2.75, 3.05) is 0 Å². The highest BCUT2D eigenvalue weighted by molar-refractivity contribution is 5.41. The molecule has 0 heterocycles. The van der Waals surface area contributed by atoms with Gasteiger partial charge in [0.2, 0.25) is 0 Å². The second-order valence-corrected chi connectivity index (χ2v) is 10.2. The fourth-order valence-electron chi connectivity index (χ4n) is 5.56. The fraction of sp³-hybridized carbons (Fsp3) is 0.314. The minimum atomic E-state index is 0.577. The van der Waals surface area contributed by atoms with Gasteiger partial charge in [0.05, 0.1) is 0 Å². The summed E-state index contributed by atoms with van der Waals surface area (Å²) in [5.74, 6) is 1.38. The molecule has 0 saturated heterocycles. The van der Waals surface area contributed by atoms with Crippen molar-refractivity contribution in [3.8, 4) is 0 Å². The molecule has 5 rings (SSSR count). The molecule has 1 fully saturated rings. The molecule has 186 valence electrons. The van der Waals surface area contributed by atoms with Crippen LogP contribution < -0.4 is 5.32 Å². The van der Waals surface area contributed by atoms with Crippen LogP contribution in [0.3, 0.4) is 0 Å². The van der Waals surface area contributed by atoms with Crippen molar-refractivity contribution in [2.24, 2.45) is 5.92 Å². The van der Waals surface area contributed by atoms with Crippen LogP contribution in [0.25, 0.3) is 0 Å². The van der Waals surface area contributed by atoms with Gasteiger partial charge in [0.15, 0.2) is 0 Å². The summed E-state index contributed by atoms with van der Waals surface area (Å²) in [5.41, 5.74) is 8.62. The van der Waals surface area contributed by atoms with Crippen LogP contribution in [-0.4, -0.2) is 0 Å². The predicted octanol–water partition coefficient (Wildman–Crippen LogP) is 8.99. The van der Waals surface area contributed by atoms with Crippen LogP contribution >= 0.6 is 0 Å².